The van der Waals surface area contributed by atoms with Gasteiger partial charge in [-0.05, 0) is 48.5 Å². The van der Waals surface area contributed by atoms with E-state index in [1.165, 1.54) is 24.3 Å². The molecule has 1 aromatic heterocycles. The Balaban J connectivity index is 0. The number of sulfonamides is 1. The zero-order valence-electron chi connectivity index (χ0n) is 14.6. The molecule has 3 rings (SSSR count). The first-order valence-corrected chi connectivity index (χ1v) is 10.1. The first-order valence-electron chi connectivity index (χ1n) is 8.21. The fourth-order valence-corrected chi connectivity index (χ4v) is 3.78. The number of amides is 3. The number of carbonyl (C=O) groups excluding carboxylic acids is 2. The first kappa shape index (κ1) is 19.7. The maximum atomic E-state index is 12.2. The molecule has 0 aliphatic rings. The number of benzene rings is 2. The van der Waals surface area contributed by atoms with Gasteiger partial charge in [0.15, 0.2) is 0 Å². The van der Waals surface area contributed by atoms with Crippen LogP contribution in [0.15, 0.2) is 59.6 Å². The molecule has 1 heterocycles. The van der Waals surface area contributed by atoms with E-state index in [2.05, 4.69) is 5.32 Å². The lowest BCUT2D eigenvalue weighted by Crippen LogP contribution is -2.34. The highest BCUT2D eigenvalue weighted by Crippen LogP contribution is 2.21. The molecular formula is C18H25ClN4O4S. The summed E-state index contributed by atoms with van der Waals surface area (Å²) in [7, 11) is -4.02. The third-order valence-electron chi connectivity index (χ3n) is 4.00. The van der Waals surface area contributed by atoms with E-state index < -0.39 is 16.1 Å². The van der Waals surface area contributed by atoms with Crippen LogP contribution in [0.2, 0.25) is 5.02 Å². The molecule has 0 aliphatic carbocycles. The third-order valence-corrected chi connectivity index (χ3v) is 5.59. The van der Waals surface area contributed by atoms with Gasteiger partial charge in [-0.1, -0.05) is 11.6 Å². The van der Waals surface area contributed by atoms with Gasteiger partial charge in [-0.15, -0.1) is 0 Å². The molecule has 0 saturated heterocycles. The SMILES string of the molecule is NC(=O)NS(=O)(=O)c1ccc(NC(=O)CCn2ccc3cc(Cl)ccc32)cc1.[HH].[HH].[HH].[HH]. The van der Waals surface area contributed by atoms with Crippen LogP contribution in [0, 0.1) is 0 Å². The van der Waals surface area contributed by atoms with Gasteiger partial charge >= 0.3 is 6.03 Å². The number of nitrogens with one attached hydrogen (secondary N) is 2. The average Bonchev–Trinajstić information content (AvgIpc) is 3.01. The third kappa shape index (κ3) is 4.62. The molecule has 0 bridgehead atoms. The summed E-state index contributed by atoms with van der Waals surface area (Å²) in [6.45, 7) is 0.478. The molecular weight excluding hydrogens is 404 g/mol. The molecule has 28 heavy (non-hydrogen) atoms. The Morgan fingerprint density at radius 3 is 2.50 bits per heavy atom. The van der Waals surface area contributed by atoms with E-state index in [1.807, 2.05) is 29.0 Å². The number of aromatic nitrogens is 1. The summed E-state index contributed by atoms with van der Waals surface area (Å²) in [4.78, 5) is 22.8. The van der Waals surface area contributed by atoms with Gasteiger partial charge in [0.1, 0.15) is 0 Å². The lowest BCUT2D eigenvalue weighted by molar-refractivity contribution is -0.116. The van der Waals surface area contributed by atoms with Crippen molar-refractivity contribution < 1.29 is 23.7 Å². The van der Waals surface area contributed by atoms with Crippen molar-refractivity contribution in [2.24, 2.45) is 5.73 Å². The van der Waals surface area contributed by atoms with Crippen molar-refractivity contribution in [1.29, 1.82) is 0 Å². The number of hydrogen-bond donors (Lipinski definition) is 3. The molecule has 0 fully saturated rings. The summed E-state index contributed by atoms with van der Waals surface area (Å²) >= 11 is 5.97. The Kier molecular flexibility index (Phi) is 5.57. The summed E-state index contributed by atoms with van der Waals surface area (Å²) in [6.07, 6.45) is 2.12. The quantitative estimate of drug-likeness (QED) is 0.554. The number of halogens is 1. The van der Waals surface area contributed by atoms with Gasteiger partial charge in [0.25, 0.3) is 10.0 Å². The highest BCUT2D eigenvalue weighted by molar-refractivity contribution is 7.90. The van der Waals surface area contributed by atoms with Crippen molar-refractivity contribution in [2.75, 3.05) is 5.32 Å². The lowest BCUT2D eigenvalue weighted by atomic mass is 10.2. The van der Waals surface area contributed by atoms with Gasteiger partial charge in [-0.2, -0.15) is 0 Å². The molecule has 10 heteroatoms. The van der Waals surface area contributed by atoms with Crippen molar-refractivity contribution >= 4 is 50.2 Å². The second-order valence-corrected chi connectivity index (χ2v) is 8.12. The van der Waals surface area contributed by atoms with Crippen molar-refractivity contribution in [3.05, 3.63) is 59.8 Å². The van der Waals surface area contributed by atoms with E-state index in [1.54, 1.807) is 10.8 Å². The van der Waals surface area contributed by atoms with E-state index in [0.29, 0.717) is 17.3 Å². The minimum atomic E-state index is -4.02. The van der Waals surface area contributed by atoms with E-state index in [-0.39, 0.29) is 22.9 Å². The van der Waals surface area contributed by atoms with Crippen molar-refractivity contribution in [3.8, 4) is 0 Å². The molecule has 2 aromatic carbocycles. The van der Waals surface area contributed by atoms with Crippen LogP contribution in [-0.2, 0) is 21.4 Å². The maximum Gasteiger partial charge on any atom is 0.326 e. The van der Waals surface area contributed by atoms with Crippen LogP contribution in [-0.4, -0.2) is 24.9 Å². The molecule has 0 radical (unpaired) electrons. The molecule has 0 spiro atoms. The number of hydrogen-bond acceptors (Lipinski definition) is 4. The number of fused-ring (bicyclic) bond motifs is 1. The molecule has 3 aromatic rings. The molecule has 4 N–H and O–H groups in total. The second-order valence-electron chi connectivity index (χ2n) is 6.00. The molecule has 0 aliphatic heterocycles. The van der Waals surface area contributed by atoms with Crippen LogP contribution in [0.1, 0.15) is 12.1 Å². The lowest BCUT2D eigenvalue weighted by Gasteiger charge is -2.09. The van der Waals surface area contributed by atoms with Crippen molar-refractivity contribution in [1.82, 2.24) is 9.29 Å². The van der Waals surface area contributed by atoms with Crippen LogP contribution < -0.4 is 15.8 Å². The van der Waals surface area contributed by atoms with E-state index in [9.17, 15) is 18.0 Å². The highest BCUT2D eigenvalue weighted by atomic mass is 35.5. The Hall–Kier alpha value is -3.04. The van der Waals surface area contributed by atoms with Crippen molar-refractivity contribution in [3.63, 3.8) is 0 Å². The topological polar surface area (TPSA) is 123 Å². The molecule has 0 unspecified atom stereocenters. The van der Waals surface area contributed by atoms with Crippen LogP contribution in [0.3, 0.4) is 0 Å². The Morgan fingerprint density at radius 2 is 1.82 bits per heavy atom. The minimum absolute atomic E-state index is 0. The smallest absolute Gasteiger partial charge is 0.326 e. The maximum absolute atomic E-state index is 12.2. The molecule has 8 nitrogen and oxygen atoms in total. The van der Waals surface area contributed by atoms with Gasteiger partial charge in [0.2, 0.25) is 5.91 Å². The number of rotatable bonds is 6. The molecule has 3 amide bonds. The zero-order valence-corrected chi connectivity index (χ0v) is 16.1. The summed E-state index contributed by atoms with van der Waals surface area (Å²) in [5.74, 6) is -0.221. The average molecular weight is 429 g/mol. The van der Waals surface area contributed by atoms with Crippen LogP contribution in [0.4, 0.5) is 10.5 Å². The van der Waals surface area contributed by atoms with Gasteiger partial charge in [0.05, 0.1) is 4.90 Å². The standard InChI is InChI=1S/C18H17ClN4O4S.4H2/c19-13-1-6-16-12(11-13)7-9-23(16)10-8-17(24)21-14-2-4-15(5-3-14)28(26,27)22-18(20)25;;;;/h1-7,9,11H,8,10H2,(H,21,24)(H3,20,22,25);4*1H. The van der Waals surface area contributed by atoms with Gasteiger partial charge < -0.3 is 15.6 Å². The van der Waals surface area contributed by atoms with Gasteiger partial charge in [-0.3, -0.25) is 4.79 Å². The number of anilines is 1. The number of primary amides is 1. The zero-order chi connectivity index (χ0) is 20.3. The fraction of sp³-hybridized carbons (Fsp3) is 0.111. The highest BCUT2D eigenvalue weighted by Gasteiger charge is 2.15. The van der Waals surface area contributed by atoms with E-state index >= 15 is 0 Å². The number of nitrogens with two attached hydrogens (primary N) is 1. The largest absolute Gasteiger partial charge is 0.351 e. The summed E-state index contributed by atoms with van der Waals surface area (Å²) in [5.41, 5.74) is 6.25. The predicted molar refractivity (Wildman–Crippen MR) is 115 cm³/mol. The number of nitrogens with zero attached hydrogens (tertiary/aromatic N) is 1. The Morgan fingerprint density at radius 1 is 1.11 bits per heavy atom. The Labute approximate surface area is 172 Å². The van der Waals surface area contributed by atoms with E-state index in [4.69, 9.17) is 17.3 Å². The number of aryl methyl sites for hydroxylation is 1. The van der Waals surface area contributed by atoms with Crippen molar-refractivity contribution in [2.45, 2.75) is 17.9 Å². The summed E-state index contributed by atoms with van der Waals surface area (Å²) < 4.78 is 27.3. The van der Waals surface area contributed by atoms with E-state index in [0.717, 1.165) is 10.9 Å². The minimum Gasteiger partial charge on any atom is -0.351 e. The van der Waals surface area contributed by atoms with Gasteiger partial charge in [-0.25, -0.2) is 17.9 Å². The normalized spacial score (nSPS) is 11.3. The van der Waals surface area contributed by atoms with Crippen LogP contribution >= 0.6 is 11.6 Å². The predicted octanol–water partition coefficient (Wildman–Crippen LogP) is 3.66. The number of carbonyl (C=O) groups is 2. The molecule has 154 valence electrons. The fourth-order valence-electron chi connectivity index (χ4n) is 2.72. The first-order chi connectivity index (χ1) is 13.2. The van der Waals surface area contributed by atoms with Crippen LogP contribution in [0.5, 0.6) is 0 Å². The molecule has 0 atom stereocenters. The summed E-state index contributed by atoms with van der Waals surface area (Å²) in [5, 5.41) is 4.35. The Bertz CT molecular complexity index is 1160. The monoisotopic (exact) mass is 428 g/mol. The second kappa shape index (κ2) is 7.91. The summed E-state index contributed by atoms with van der Waals surface area (Å²) in [6, 6.07) is 11.7. The number of urea groups is 1. The van der Waals surface area contributed by atoms with Gasteiger partial charge in [0, 0.05) is 46.5 Å². The van der Waals surface area contributed by atoms with Crippen LogP contribution in [0.25, 0.3) is 10.9 Å². The molecule has 0 saturated carbocycles.